The second kappa shape index (κ2) is 6.94. The lowest BCUT2D eigenvalue weighted by Crippen LogP contribution is -2.55. The van der Waals surface area contributed by atoms with Gasteiger partial charge in [-0.1, -0.05) is 26.0 Å². The number of carbonyl (C=O) groups excluding carboxylic acids is 1. The highest BCUT2D eigenvalue weighted by atomic mass is 16.5. The Morgan fingerprint density at radius 2 is 1.90 bits per heavy atom. The fourth-order valence-electron chi connectivity index (χ4n) is 2.59. The lowest BCUT2D eigenvalue weighted by Gasteiger charge is -2.37. The lowest BCUT2D eigenvalue weighted by atomic mass is 10.0. The number of hydrogen-bond donors (Lipinski definition) is 0. The average Bonchev–Trinajstić information content (AvgIpc) is 2.48. The number of carbonyl (C=O) groups is 1. The minimum Gasteiger partial charge on any atom is -0.492 e. The second-order valence-electron chi connectivity index (χ2n) is 6.04. The van der Waals surface area contributed by atoms with Crippen molar-refractivity contribution in [1.29, 1.82) is 0 Å². The molecular weight excluding hydrogens is 264 g/mol. The zero-order valence-electron chi connectivity index (χ0n) is 13.5. The van der Waals surface area contributed by atoms with Crippen LogP contribution in [0.2, 0.25) is 0 Å². The van der Waals surface area contributed by atoms with E-state index in [-0.39, 0.29) is 11.9 Å². The van der Waals surface area contributed by atoms with E-state index in [9.17, 15) is 4.79 Å². The van der Waals surface area contributed by atoms with Gasteiger partial charge in [0.05, 0.1) is 6.04 Å². The molecule has 1 unspecified atom stereocenters. The minimum atomic E-state index is -0.0457. The number of nitrogens with zero attached hydrogens (tertiary/aromatic N) is 2. The molecule has 0 N–H and O–H groups in total. The summed E-state index contributed by atoms with van der Waals surface area (Å²) >= 11 is 0. The molecule has 0 saturated carbocycles. The summed E-state index contributed by atoms with van der Waals surface area (Å²) in [6.07, 6.45) is 0. The Hall–Kier alpha value is -1.55. The van der Waals surface area contributed by atoms with Crippen molar-refractivity contribution in [3.8, 4) is 5.75 Å². The van der Waals surface area contributed by atoms with E-state index in [1.165, 1.54) is 5.56 Å². The second-order valence-corrected chi connectivity index (χ2v) is 6.04. The van der Waals surface area contributed by atoms with E-state index in [0.29, 0.717) is 12.5 Å². The van der Waals surface area contributed by atoms with E-state index in [1.54, 1.807) is 4.90 Å². The third-order valence-electron chi connectivity index (χ3n) is 4.20. The van der Waals surface area contributed by atoms with Gasteiger partial charge in [0.15, 0.2) is 0 Å². The van der Waals surface area contributed by atoms with Crippen LogP contribution in [0.4, 0.5) is 0 Å². The molecule has 1 aliphatic rings. The highest BCUT2D eigenvalue weighted by molar-refractivity contribution is 5.81. The average molecular weight is 290 g/mol. The van der Waals surface area contributed by atoms with Crippen molar-refractivity contribution in [3.05, 3.63) is 29.8 Å². The fraction of sp³-hybridized carbons (Fsp3) is 0.588. The van der Waals surface area contributed by atoms with E-state index >= 15 is 0 Å². The van der Waals surface area contributed by atoms with Gasteiger partial charge in [-0.05, 0) is 30.5 Å². The zero-order chi connectivity index (χ0) is 15.4. The summed E-state index contributed by atoms with van der Waals surface area (Å²) in [4.78, 5) is 15.9. The van der Waals surface area contributed by atoms with Crippen molar-refractivity contribution in [2.75, 3.05) is 33.3 Å². The van der Waals surface area contributed by atoms with Gasteiger partial charge in [-0.2, -0.15) is 0 Å². The summed E-state index contributed by atoms with van der Waals surface area (Å²) in [6.45, 7) is 9.44. The molecule has 21 heavy (non-hydrogen) atoms. The molecule has 1 amide bonds. The SMILES string of the molecule is CC(C)c1ccc(OCCN2CCN(C)C(=O)C2C)cc1. The molecular formula is C17H26N2O2. The van der Waals surface area contributed by atoms with Crippen molar-refractivity contribution >= 4 is 5.91 Å². The van der Waals surface area contributed by atoms with E-state index in [1.807, 2.05) is 26.1 Å². The smallest absolute Gasteiger partial charge is 0.239 e. The molecule has 1 heterocycles. The molecule has 4 nitrogen and oxygen atoms in total. The number of benzene rings is 1. The van der Waals surface area contributed by atoms with E-state index in [4.69, 9.17) is 4.74 Å². The molecule has 116 valence electrons. The molecule has 1 saturated heterocycles. The van der Waals surface area contributed by atoms with Crippen LogP contribution in [0.1, 0.15) is 32.3 Å². The molecule has 0 bridgehead atoms. The van der Waals surface area contributed by atoms with Gasteiger partial charge in [0, 0.05) is 26.7 Å². The lowest BCUT2D eigenvalue weighted by molar-refractivity contribution is -0.139. The predicted octanol–water partition coefficient (Wildman–Crippen LogP) is 2.35. The van der Waals surface area contributed by atoms with Crippen LogP contribution in [-0.4, -0.2) is 55.0 Å². The Morgan fingerprint density at radius 3 is 2.52 bits per heavy atom. The van der Waals surface area contributed by atoms with Crippen LogP contribution >= 0.6 is 0 Å². The summed E-state index contributed by atoms with van der Waals surface area (Å²) in [5.74, 6) is 1.63. The molecule has 1 aromatic carbocycles. The normalized spacial score (nSPS) is 20.1. The van der Waals surface area contributed by atoms with Crippen LogP contribution < -0.4 is 4.74 Å². The Balaban J connectivity index is 1.80. The Kier molecular flexibility index (Phi) is 5.23. The van der Waals surface area contributed by atoms with Gasteiger partial charge in [0.2, 0.25) is 5.91 Å². The van der Waals surface area contributed by atoms with E-state index in [0.717, 1.165) is 25.4 Å². The van der Waals surface area contributed by atoms with Crippen LogP contribution in [0.15, 0.2) is 24.3 Å². The van der Waals surface area contributed by atoms with Crippen LogP contribution in [0.3, 0.4) is 0 Å². The summed E-state index contributed by atoms with van der Waals surface area (Å²) in [5, 5.41) is 0. The van der Waals surface area contributed by atoms with Gasteiger partial charge in [-0.15, -0.1) is 0 Å². The van der Waals surface area contributed by atoms with E-state index < -0.39 is 0 Å². The van der Waals surface area contributed by atoms with Crippen molar-refractivity contribution in [2.45, 2.75) is 32.7 Å². The van der Waals surface area contributed by atoms with Gasteiger partial charge in [-0.3, -0.25) is 9.69 Å². The number of ether oxygens (including phenoxy) is 1. The third kappa shape index (κ3) is 3.97. The molecule has 4 heteroatoms. The van der Waals surface area contributed by atoms with E-state index in [2.05, 4.69) is 30.9 Å². The monoisotopic (exact) mass is 290 g/mol. The van der Waals surface area contributed by atoms with Crippen molar-refractivity contribution in [3.63, 3.8) is 0 Å². The Bertz CT molecular complexity index is 470. The molecule has 1 aliphatic heterocycles. The van der Waals surface area contributed by atoms with Gasteiger partial charge in [0.1, 0.15) is 12.4 Å². The van der Waals surface area contributed by atoms with Gasteiger partial charge >= 0.3 is 0 Å². The molecule has 0 radical (unpaired) electrons. The molecule has 1 fully saturated rings. The number of hydrogen-bond acceptors (Lipinski definition) is 3. The van der Waals surface area contributed by atoms with Crippen LogP contribution in [0, 0.1) is 0 Å². The first kappa shape index (κ1) is 15.8. The summed E-state index contributed by atoms with van der Waals surface area (Å²) in [7, 11) is 1.86. The zero-order valence-corrected chi connectivity index (χ0v) is 13.5. The molecule has 1 atom stereocenters. The topological polar surface area (TPSA) is 32.8 Å². The van der Waals surface area contributed by atoms with Crippen molar-refractivity contribution in [2.24, 2.45) is 0 Å². The number of piperazine rings is 1. The summed E-state index contributed by atoms with van der Waals surface area (Å²) in [6, 6.07) is 8.22. The molecule has 2 rings (SSSR count). The first-order valence-corrected chi connectivity index (χ1v) is 7.71. The van der Waals surface area contributed by atoms with Crippen LogP contribution in [0.5, 0.6) is 5.75 Å². The summed E-state index contributed by atoms with van der Waals surface area (Å²) < 4.78 is 5.79. The highest BCUT2D eigenvalue weighted by Gasteiger charge is 2.28. The number of amides is 1. The molecule has 0 aliphatic carbocycles. The van der Waals surface area contributed by atoms with Crippen molar-refractivity contribution in [1.82, 2.24) is 9.80 Å². The first-order valence-electron chi connectivity index (χ1n) is 7.71. The fourth-order valence-corrected chi connectivity index (χ4v) is 2.59. The maximum Gasteiger partial charge on any atom is 0.239 e. The van der Waals surface area contributed by atoms with Gasteiger partial charge < -0.3 is 9.64 Å². The van der Waals surface area contributed by atoms with Gasteiger partial charge in [-0.25, -0.2) is 0 Å². The number of rotatable bonds is 5. The quantitative estimate of drug-likeness (QED) is 0.834. The first-order chi connectivity index (χ1) is 9.99. The van der Waals surface area contributed by atoms with Crippen molar-refractivity contribution < 1.29 is 9.53 Å². The summed E-state index contributed by atoms with van der Waals surface area (Å²) in [5.41, 5.74) is 1.32. The van der Waals surface area contributed by atoms with Crippen LogP contribution in [0.25, 0.3) is 0 Å². The molecule has 0 spiro atoms. The molecule has 0 aromatic heterocycles. The number of likely N-dealkylation sites (N-methyl/N-ethyl adjacent to an activating group) is 1. The third-order valence-corrected chi connectivity index (χ3v) is 4.20. The maximum atomic E-state index is 11.9. The Morgan fingerprint density at radius 1 is 1.24 bits per heavy atom. The predicted molar refractivity (Wildman–Crippen MR) is 84.7 cm³/mol. The standard InChI is InChI=1S/C17H26N2O2/c1-13(2)15-5-7-16(8-6-15)21-12-11-19-10-9-18(4)17(20)14(19)3/h5-8,13-14H,9-12H2,1-4H3. The Labute approximate surface area is 127 Å². The maximum absolute atomic E-state index is 11.9. The largest absolute Gasteiger partial charge is 0.492 e. The molecule has 1 aromatic rings. The highest BCUT2D eigenvalue weighted by Crippen LogP contribution is 2.18. The minimum absolute atomic E-state index is 0.0457. The van der Waals surface area contributed by atoms with Crippen LogP contribution in [-0.2, 0) is 4.79 Å². The van der Waals surface area contributed by atoms with Gasteiger partial charge in [0.25, 0.3) is 0 Å².